The summed E-state index contributed by atoms with van der Waals surface area (Å²) in [4.78, 5) is 23.3. The van der Waals surface area contributed by atoms with Gasteiger partial charge in [-0.2, -0.15) is 0 Å². The number of hydrogen-bond donors (Lipinski definition) is 2. The van der Waals surface area contributed by atoms with Crippen LogP contribution >= 0.6 is 0 Å². The maximum absolute atomic E-state index is 12.0. The summed E-state index contributed by atoms with van der Waals surface area (Å²) < 4.78 is 16.7. The van der Waals surface area contributed by atoms with Crippen LogP contribution in [0, 0.1) is 0 Å². The normalized spacial score (nSPS) is 13.4. The van der Waals surface area contributed by atoms with Crippen molar-refractivity contribution in [1.82, 2.24) is 5.32 Å². The minimum absolute atomic E-state index is 0.147. The van der Waals surface area contributed by atoms with E-state index in [4.69, 9.17) is 5.73 Å². The van der Waals surface area contributed by atoms with Crippen molar-refractivity contribution in [1.29, 1.82) is 0 Å². The van der Waals surface area contributed by atoms with Crippen LogP contribution in [0.1, 0.15) is 6.42 Å². The van der Waals surface area contributed by atoms with Gasteiger partial charge in [-0.05, 0) is 18.6 Å². The number of ether oxygens (including phenoxy) is 1. The molecule has 1 aromatic rings. The molecule has 0 aliphatic rings. The van der Waals surface area contributed by atoms with Crippen LogP contribution in [0.2, 0.25) is 0 Å². The fraction of sp³-hybridized carbons (Fsp3) is 0.385. The van der Waals surface area contributed by atoms with Crippen molar-refractivity contribution in [2.24, 2.45) is 5.73 Å². The maximum atomic E-state index is 12.0. The molecule has 6 nitrogen and oxygen atoms in total. The van der Waals surface area contributed by atoms with Gasteiger partial charge in [-0.3, -0.25) is 13.8 Å². The van der Waals surface area contributed by atoms with Crippen LogP contribution < -0.4 is 11.1 Å². The Kier molecular flexibility index (Phi) is 6.89. The van der Waals surface area contributed by atoms with E-state index >= 15 is 0 Å². The summed E-state index contributed by atoms with van der Waals surface area (Å²) in [5.41, 5.74) is 5.21. The maximum Gasteiger partial charge on any atom is 0.246 e. The van der Waals surface area contributed by atoms with Crippen LogP contribution in [-0.2, 0) is 25.1 Å². The predicted molar refractivity (Wildman–Crippen MR) is 75.3 cm³/mol. The van der Waals surface area contributed by atoms with Gasteiger partial charge in [-0.1, -0.05) is 18.2 Å². The molecule has 7 heteroatoms. The molecule has 2 amide bonds. The Morgan fingerprint density at radius 3 is 2.55 bits per heavy atom. The molecule has 0 aliphatic heterocycles. The van der Waals surface area contributed by atoms with E-state index in [0.29, 0.717) is 4.90 Å². The van der Waals surface area contributed by atoms with Crippen molar-refractivity contribution in [3.63, 3.8) is 0 Å². The zero-order valence-electron chi connectivity index (χ0n) is 11.2. The Balaban J connectivity index is 2.53. The van der Waals surface area contributed by atoms with E-state index in [0.717, 1.165) is 0 Å². The summed E-state index contributed by atoms with van der Waals surface area (Å²) in [5, 5.41) is 2.45. The van der Waals surface area contributed by atoms with Gasteiger partial charge in [0.25, 0.3) is 0 Å². The van der Waals surface area contributed by atoms with Gasteiger partial charge in [0.2, 0.25) is 11.8 Å². The number of nitrogens with one attached hydrogen (secondary N) is 1. The number of hydrogen-bond acceptors (Lipinski definition) is 4. The van der Waals surface area contributed by atoms with Gasteiger partial charge in [-0.15, -0.1) is 0 Å². The largest absolute Gasteiger partial charge is 0.375 e. The van der Waals surface area contributed by atoms with E-state index in [9.17, 15) is 13.8 Å². The van der Waals surface area contributed by atoms with Gasteiger partial charge in [0.1, 0.15) is 12.6 Å². The minimum Gasteiger partial charge on any atom is -0.375 e. The average Bonchev–Trinajstić information content (AvgIpc) is 2.44. The minimum atomic E-state index is -1.23. The molecule has 0 radical (unpaired) electrons. The number of carbonyl (C=O) groups is 2. The Morgan fingerprint density at radius 2 is 2.00 bits per heavy atom. The van der Waals surface area contributed by atoms with Gasteiger partial charge in [-0.25, -0.2) is 0 Å². The molecule has 0 saturated carbocycles. The molecular weight excluding hydrogens is 280 g/mol. The molecule has 2 atom stereocenters. The third-order valence-corrected chi connectivity index (χ3v) is 3.96. The third-order valence-electron chi connectivity index (χ3n) is 2.55. The summed E-state index contributed by atoms with van der Waals surface area (Å²) in [5.74, 6) is -0.841. The monoisotopic (exact) mass is 298 g/mol. The van der Waals surface area contributed by atoms with Crippen molar-refractivity contribution in [2.45, 2.75) is 17.4 Å². The van der Waals surface area contributed by atoms with Crippen LogP contribution in [0.5, 0.6) is 0 Å². The van der Waals surface area contributed by atoms with Crippen LogP contribution in [0.4, 0.5) is 0 Å². The van der Waals surface area contributed by atoms with Crippen molar-refractivity contribution in [2.75, 3.05) is 19.5 Å². The predicted octanol–water partition coefficient (Wildman–Crippen LogP) is -0.199. The zero-order valence-corrected chi connectivity index (χ0v) is 12.0. The molecule has 3 N–H and O–H groups in total. The van der Waals surface area contributed by atoms with Gasteiger partial charge in [0.05, 0.1) is 10.8 Å². The lowest BCUT2D eigenvalue weighted by atomic mass is 10.2. The second-order valence-corrected chi connectivity index (χ2v) is 5.68. The summed E-state index contributed by atoms with van der Waals surface area (Å²) in [7, 11) is 0.149. The number of rotatable bonds is 8. The first-order chi connectivity index (χ1) is 9.54. The molecule has 0 heterocycles. The summed E-state index contributed by atoms with van der Waals surface area (Å²) in [6, 6.07) is 8.07. The molecule has 0 spiro atoms. The first-order valence-electron chi connectivity index (χ1n) is 6.05. The SMILES string of the molecule is COCC(=O)N[C@@H](CC[S@@](=O)c1ccccc1)C(N)=O. The van der Waals surface area contributed by atoms with Crippen molar-refractivity contribution in [3.05, 3.63) is 30.3 Å². The van der Waals surface area contributed by atoms with Crippen LogP contribution in [-0.4, -0.2) is 41.5 Å². The van der Waals surface area contributed by atoms with Crippen LogP contribution in [0.15, 0.2) is 35.2 Å². The summed E-state index contributed by atoms with van der Waals surface area (Å²) in [6.45, 7) is -0.147. The number of amides is 2. The Morgan fingerprint density at radius 1 is 1.35 bits per heavy atom. The quantitative estimate of drug-likeness (QED) is 0.694. The number of benzene rings is 1. The molecule has 0 saturated heterocycles. The topological polar surface area (TPSA) is 98.5 Å². The number of carbonyl (C=O) groups excluding carboxylic acids is 2. The average molecular weight is 298 g/mol. The van der Waals surface area contributed by atoms with Crippen molar-refractivity contribution < 1.29 is 18.5 Å². The lowest BCUT2D eigenvalue weighted by molar-refractivity contribution is -0.129. The second kappa shape index (κ2) is 8.44. The molecule has 1 aromatic carbocycles. The Labute approximate surface area is 120 Å². The molecule has 0 unspecified atom stereocenters. The lowest BCUT2D eigenvalue weighted by Crippen LogP contribution is -2.46. The molecule has 0 aromatic heterocycles. The van der Waals surface area contributed by atoms with Gasteiger partial charge >= 0.3 is 0 Å². The van der Waals surface area contributed by atoms with Gasteiger partial charge in [0.15, 0.2) is 0 Å². The third kappa shape index (κ3) is 5.50. The highest BCUT2D eigenvalue weighted by molar-refractivity contribution is 7.85. The molecule has 110 valence electrons. The van der Waals surface area contributed by atoms with E-state index < -0.39 is 28.7 Å². The molecule has 0 fully saturated rings. The number of nitrogens with two attached hydrogens (primary N) is 1. The fourth-order valence-electron chi connectivity index (χ4n) is 1.57. The Bertz CT molecular complexity index is 479. The molecule has 0 bridgehead atoms. The molecule has 0 aliphatic carbocycles. The highest BCUT2D eigenvalue weighted by atomic mass is 32.2. The molecule has 20 heavy (non-hydrogen) atoms. The standard InChI is InChI=1S/C13H18N2O4S/c1-19-9-12(16)15-11(13(14)17)7-8-20(18)10-5-3-2-4-6-10/h2-6,11H,7-9H2,1H3,(H2,14,17)(H,15,16)/t11-,20+/m0/s1. The molecular formula is C13H18N2O4S. The van der Waals surface area contributed by atoms with Crippen LogP contribution in [0.25, 0.3) is 0 Å². The van der Waals surface area contributed by atoms with E-state index in [1.54, 1.807) is 24.3 Å². The highest BCUT2D eigenvalue weighted by Gasteiger charge is 2.19. The van der Waals surface area contributed by atoms with Crippen molar-refractivity contribution in [3.8, 4) is 0 Å². The van der Waals surface area contributed by atoms with Gasteiger partial charge < -0.3 is 15.8 Å². The van der Waals surface area contributed by atoms with Crippen LogP contribution in [0.3, 0.4) is 0 Å². The number of methoxy groups -OCH3 is 1. The highest BCUT2D eigenvalue weighted by Crippen LogP contribution is 2.07. The van der Waals surface area contributed by atoms with Crippen molar-refractivity contribution >= 4 is 22.6 Å². The zero-order chi connectivity index (χ0) is 15.0. The first kappa shape index (κ1) is 16.3. The van der Waals surface area contributed by atoms with E-state index in [1.165, 1.54) is 7.11 Å². The summed E-state index contributed by atoms with van der Waals surface area (Å²) >= 11 is 0. The summed E-state index contributed by atoms with van der Waals surface area (Å²) in [6.07, 6.45) is 0.215. The molecule has 1 rings (SSSR count). The second-order valence-electron chi connectivity index (χ2n) is 4.11. The number of primary amides is 1. The van der Waals surface area contributed by atoms with E-state index in [-0.39, 0.29) is 18.8 Å². The smallest absolute Gasteiger partial charge is 0.246 e. The first-order valence-corrected chi connectivity index (χ1v) is 7.37. The fourth-order valence-corrected chi connectivity index (χ4v) is 2.71. The lowest BCUT2D eigenvalue weighted by Gasteiger charge is -2.14. The van der Waals surface area contributed by atoms with E-state index in [2.05, 4.69) is 10.1 Å². The van der Waals surface area contributed by atoms with E-state index in [1.807, 2.05) is 6.07 Å². The van der Waals surface area contributed by atoms with Gasteiger partial charge in [0, 0.05) is 17.8 Å². The Hall–Kier alpha value is -1.73.